The normalized spacial score (nSPS) is 14.4. The first-order valence-electron chi connectivity index (χ1n) is 7.98. The van der Waals surface area contributed by atoms with Gasteiger partial charge in [-0.15, -0.1) is 11.3 Å². The number of nitro groups is 1. The van der Waals surface area contributed by atoms with Gasteiger partial charge >= 0.3 is 0 Å². The zero-order valence-electron chi connectivity index (χ0n) is 13.7. The average Bonchev–Trinajstić information content (AvgIpc) is 3.18. The van der Waals surface area contributed by atoms with Crippen LogP contribution in [0.3, 0.4) is 0 Å². The second-order valence-corrected chi connectivity index (χ2v) is 6.65. The van der Waals surface area contributed by atoms with Gasteiger partial charge < -0.3 is 10.0 Å². The minimum absolute atomic E-state index is 0.00784. The van der Waals surface area contributed by atoms with Crippen molar-refractivity contribution in [3.63, 3.8) is 0 Å². The summed E-state index contributed by atoms with van der Waals surface area (Å²) in [4.78, 5) is 16.8. The van der Waals surface area contributed by atoms with Gasteiger partial charge in [0.1, 0.15) is 16.6 Å². The molecular weight excluding hydrogens is 340 g/mol. The van der Waals surface area contributed by atoms with Crippen LogP contribution in [0.15, 0.2) is 35.4 Å². The lowest BCUT2D eigenvalue weighted by Crippen LogP contribution is -2.27. The fourth-order valence-corrected chi connectivity index (χ4v) is 3.59. The molecule has 0 unspecified atom stereocenters. The van der Waals surface area contributed by atoms with E-state index in [-0.39, 0.29) is 17.3 Å². The SMILES string of the molecule is CCCCN1CC(O)=C(c2nc(-c3cccc([N+](=O)[O-])c3)cs2)C1=N. The number of amidine groups is 1. The summed E-state index contributed by atoms with van der Waals surface area (Å²) in [7, 11) is 0. The standard InChI is InChI=1S/C17H18N4O3S/c1-2-3-7-20-9-14(22)15(16(20)18)17-19-13(10-25-17)11-5-4-6-12(8-11)21(23)24/h4-6,8,10,18,22H,2-3,7,9H2,1H3. The van der Waals surface area contributed by atoms with Gasteiger partial charge in [-0.05, 0) is 6.42 Å². The van der Waals surface area contributed by atoms with E-state index in [1.807, 2.05) is 4.90 Å². The van der Waals surface area contributed by atoms with Crippen LogP contribution in [0, 0.1) is 15.5 Å². The highest BCUT2D eigenvalue weighted by Crippen LogP contribution is 2.33. The van der Waals surface area contributed by atoms with Crippen molar-refractivity contribution in [3.05, 3.63) is 50.5 Å². The molecule has 0 saturated heterocycles. The molecule has 0 bridgehead atoms. The van der Waals surface area contributed by atoms with Crippen LogP contribution >= 0.6 is 11.3 Å². The van der Waals surface area contributed by atoms with Crippen molar-refractivity contribution in [3.8, 4) is 11.3 Å². The Kier molecular flexibility index (Phi) is 4.80. The van der Waals surface area contributed by atoms with Gasteiger partial charge in [-0.1, -0.05) is 25.5 Å². The van der Waals surface area contributed by atoms with E-state index in [0.717, 1.165) is 19.4 Å². The lowest BCUT2D eigenvalue weighted by atomic mass is 10.1. The maximum absolute atomic E-state index is 10.9. The van der Waals surface area contributed by atoms with Crippen LogP contribution in [0.1, 0.15) is 24.8 Å². The Labute approximate surface area is 148 Å². The van der Waals surface area contributed by atoms with Gasteiger partial charge in [0.05, 0.1) is 22.7 Å². The molecule has 3 rings (SSSR count). The van der Waals surface area contributed by atoms with Crippen LogP contribution in [0.5, 0.6) is 0 Å². The van der Waals surface area contributed by atoms with Crippen molar-refractivity contribution in [1.82, 2.24) is 9.88 Å². The van der Waals surface area contributed by atoms with Crippen LogP contribution in [-0.4, -0.2) is 38.8 Å². The number of hydrogen-bond donors (Lipinski definition) is 2. The van der Waals surface area contributed by atoms with Gasteiger partial charge in [-0.2, -0.15) is 0 Å². The van der Waals surface area contributed by atoms with E-state index in [2.05, 4.69) is 11.9 Å². The summed E-state index contributed by atoms with van der Waals surface area (Å²) in [5.41, 5.74) is 1.71. The number of nitrogens with zero attached hydrogens (tertiary/aromatic N) is 3. The first-order valence-corrected chi connectivity index (χ1v) is 8.86. The van der Waals surface area contributed by atoms with Crippen LogP contribution in [0.25, 0.3) is 16.8 Å². The average molecular weight is 358 g/mol. The zero-order valence-corrected chi connectivity index (χ0v) is 14.5. The molecule has 0 atom stereocenters. The minimum atomic E-state index is -0.441. The fourth-order valence-electron chi connectivity index (χ4n) is 2.70. The van der Waals surface area contributed by atoms with Gasteiger partial charge in [-0.25, -0.2) is 4.98 Å². The molecule has 1 aromatic heterocycles. The summed E-state index contributed by atoms with van der Waals surface area (Å²) in [6.45, 7) is 3.14. The topological polar surface area (TPSA) is 103 Å². The Morgan fingerprint density at radius 2 is 2.28 bits per heavy atom. The van der Waals surface area contributed by atoms with Gasteiger partial charge in [0.2, 0.25) is 0 Å². The Bertz CT molecular complexity index is 859. The van der Waals surface area contributed by atoms with Crippen molar-refractivity contribution in [2.75, 3.05) is 13.1 Å². The van der Waals surface area contributed by atoms with Gasteiger partial charge in [0.25, 0.3) is 5.69 Å². The Hall–Kier alpha value is -2.74. The van der Waals surface area contributed by atoms with E-state index in [4.69, 9.17) is 5.41 Å². The minimum Gasteiger partial charge on any atom is -0.510 e. The van der Waals surface area contributed by atoms with E-state index < -0.39 is 4.92 Å². The third-order valence-electron chi connectivity index (χ3n) is 4.03. The van der Waals surface area contributed by atoms with Crippen molar-refractivity contribution >= 4 is 28.4 Å². The smallest absolute Gasteiger partial charge is 0.270 e. The monoisotopic (exact) mass is 358 g/mol. The number of aliphatic hydroxyl groups is 1. The zero-order chi connectivity index (χ0) is 18.0. The molecule has 2 heterocycles. The molecule has 25 heavy (non-hydrogen) atoms. The number of benzene rings is 1. The lowest BCUT2D eigenvalue weighted by Gasteiger charge is -2.17. The summed E-state index contributed by atoms with van der Waals surface area (Å²) in [6, 6.07) is 6.28. The predicted octanol–water partition coefficient (Wildman–Crippen LogP) is 4.08. The van der Waals surface area contributed by atoms with Crippen molar-refractivity contribution in [1.29, 1.82) is 5.41 Å². The van der Waals surface area contributed by atoms with Gasteiger partial charge in [0, 0.05) is 29.6 Å². The maximum Gasteiger partial charge on any atom is 0.270 e. The van der Waals surface area contributed by atoms with E-state index in [1.54, 1.807) is 17.5 Å². The molecule has 0 radical (unpaired) electrons. The molecule has 0 amide bonds. The summed E-state index contributed by atoms with van der Waals surface area (Å²) < 4.78 is 0. The summed E-state index contributed by atoms with van der Waals surface area (Å²) in [5, 5.41) is 31.8. The highest BCUT2D eigenvalue weighted by atomic mass is 32.1. The Balaban J connectivity index is 1.87. The number of nitrogens with one attached hydrogen (secondary N) is 1. The second-order valence-electron chi connectivity index (χ2n) is 5.79. The quantitative estimate of drug-likeness (QED) is 0.598. The van der Waals surface area contributed by atoms with Crippen molar-refractivity contribution < 1.29 is 10.0 Å². The van der Waals surface area contributed by atoms with Gasteiger partial charge in [-0.3, -0.25) is 15.5 Å². The van der Waals surface area contributed by atoms with E-state index >= 15 is 0 Å². The molecule has 1 aliphatic heterocycles. The first-order chi connectivity index (χ1) is 12.0. The van der Waals surface area contributed by atoms with Crippen LogP contribution < -0.4 is 0 Å². The second kappa shape index (κ2) is 7.02. The van der Waals surface area contributed by atoms with Crippen LogP contribution in [0.4, 0.5) is 5.69 Å². The third-order valence-corrected chi connectivity index (χ3v) is 4.89. The van der Waals surface area contributed by atoms with E-state index in [0.29, 0.717) is 28.4 Å². The number of nitro benzene ring substituents is 1. The molecule has 0 saturated carbocycles. The number of rotatable bonds is 6. The Morgan fingerprint density at radius 1 is 1.48 bits per heavy atom. The number of non-ortho nitro benzene ring substituents is 1. The first kappa shape index (κ1) is 17.1. The molecular formula is C17H18N4O3S. The number of hydrogen-bond acceptors (Lipinski definition) is 6. The van der Waals surface area contributed by atoms with Crippen LogP contribution in [0.2, 0.25) is 0 Å². The van der Waals surface area contributed by atoms with Crippen molar-refractivity contribution in [2.24, 2.45) is 0 Å². The highest BCUT2D eigenvalue weighted by Gasteiger charge is 2.29. The number of unbranched alkanes of at least 4 members (excludes halogenated alkanes) is 1. The third kappa shape index (κ3) is 3.39. The molecule has 1 aromatic carbocycles. The predicted molar refractivity (Wildman–Crippen MR) is 98.0 cm³/mol. The van der Waals surface area contributed by atoms with Crippen molar-refractivity contribution in [2.45, 2.75) is 19.8 Å². The summed E-state index contributed by atoms with van der Waals surface area (Å²) in [5.74, 6) is 0.437. The molecule has 2 aromatic rings. The number of thiazole rings is 1. The van der Waals surface area contributed by atoms with Crippen LogP contribution in [-0.2, 0) is 0 Å². The molecule has 7 nitrogen and oxygen atoms in total. The molecule has 0 fully saturated rings. The number of aromatic nitrogens is 1. The highest BCUT2D eigenvalue weighted by molar-refractivity contribution is 7.11. The molecule has 2 N–H and O–H groups in total. The largest absolute Gasteiger partial charge is 0.510 e. The lowest BCUT2D eigenvalue weighted by molar-refractivity contribution is -0.384. The molecule has 130 valence electrons. The van der Waals surface area contributed by atoms with E-state index in [9.17, 15) is 15.2 Å². The van der Waals surface area contributed by atoms with E-state index in [1.165, 1.54) is 23.5 Å². The molecule has 0 spiro atoms. The maximum atomic E-state index is 10.9. The molecule has 0 aliphatic carbocycles. The number of aliphatic hydroxyl groups excluding tert-OH is 1. The molecule has 1 aliphatic rings. The summed E-state index contributed by atoms with van der Waals surface area (Å²) >= 11 is 1.32. The molecule has 8 heteroatoms. The Morgan fingerprint density at radius 3 is 3.00 bits per heavy atom. The van der Waals surface area contributed by atoms with Gasteiger partial charge in [0.15, 0.2) is 0 Å². The fraction of sp³-hybridized carbons (Fsp3) is 0.294. The summed E-state index contributed by atoms with van der Waals surface area (Å²) in [6.07, 6.45) is 1.98.